The third-order valence-corrected chi connectivity index (χ3v) is 1.75. The minimum absolute atomic E-state index is 0.00593. The molecule has 0 aliphatic carbocycles. The van der Waals surface area contributed by atoms with Crippen LogP contribution in [0.4, 0.5) is 0 Å². The predicted octanol–water partition coefficient (Wildman–Crippen LogP) is 1.00. The highest BCUT2D eigenvalue weighted by atomic mass is 16.2. The van der Waals surface area contributed by atoms with E-state index < -0.39 is 6.04 Å². The maximum Gasteiger partial charge on any atom is 0.239 e. The molecular formula is C10H20N2O. The first-order valence-corrected chi connectivity index (χ1v) is 4.60. The highest BCUT2D eigenvalue weighted by Gasteiger charge is 2.16. The van der Waals surface area contributed by atoms with E-state index >= 15 is 0 Å². The van der Waals surface area contributed by atoms with Crippen molar-refractivity contribution in [3.05, 3.63) is 12.7 Å². The summed E-state index contributed by atoms with van der Waals surface area (Å²) < 4.78 is 0. The van der Waals surface area contributed by atoms with Crippen molar-refractivity contribution in [1.82, 2.24) is 4.90 Å². The van der Waals surface area contributed by atoms with Crippen LogP contribution < -0.4 is 5.73 Å². The maximum atomic E-state index is 11.5. The van der Waals surface area contributed by atoms with E-state index in [-0.39, 0.29) is 5.91 Å². The smallest absolute Gasteiger partial charge is 0.239 e. The third-order valence-electron chi connectivity index (χ3n) is 1.75. The van der Waals surface area contributed by atoms with Crippen LogP contribution in [0.2, 0.25) is 0 Å². The Kier molecular flexibility index (Phi) is 5.39. The van der Waals surface area contributed by atoms with Gasteiger partial charge in [-0.05, 0) is 12.3 Å². The van der Waals surface area contributed by atoms with Crippen molar-refractivity contribution >= 4 is 5.91 Å². The molecule has 0 spiro atoms. The van der Waals surface area contributed by atoms with Gasteiger partial charge >= 0.3 is 0 Å². The molecule has 0 saturated heterocycles. The lowest BCUT2D eigenvalue weighted by Gasteiger charge is -2.22. The van der Waals surface area contributed by atoms with Crippen molar-refractivity contribution in [1.29, 1.82) is 0 Å². The molecule has 2 N–H and O–H groups in total. The van der Waals surface area contributed by atoms with Gasteiger partial charge in [-0.3, -0.25) is 4.79 Å². The summed E-state index contributed by atoms with van der Waals surface area (Å²) in [5.74, 6) is 0.471. The summed E-state index contributed by atoms with van der Waals surface area (Å²) >= 11 is 0. The molecule has 0 aliphatic rings. The molecule has 1 amide bonds. The Balaban J connectivity index is 4.00. The number of carbonyl (C=O) groups is 1. The minimum atomic E-state index is -0.429. The van der Waals surface area contributed by atoms with E-state index in [1.54, 1.807) is 18.0 Å². The molecule has 13 heavy (non-hydrogen) atoms. The first-order valence-electron chi connectivity index (χ1n) is 4.60. The van der Waals surface area contributed by atoms with E-state index in [1.807, 2.05) is 0 Å². The molecule has 0 aliphatic heterocycles. The SMILES string of the molecule is C=CCC(N)C(=O)N(C)CC(C)C. The van der Waals surface area contributed by atoms with Gasteiger partial charge in [0.25, 0.3) is 0 Å². The number of carbonyl (C=O) groups excluding carboxylic acids is 1. The summed E-state index contributed by atoms with van der Waals surface area (Å²) in [4.78, 5) is 13.2. The predicted molar refractivity (Wildman–Crippen MR) is 55.3 cm³/mol. The Morgan fingerprint density at radius 2 is 2.15 bits per heavy atom. The fraction of sp³-hybridized carbons (Fsp3) is 0.700. The van der Waals surface area contributed by atoms with Crippen molar-refractivity contribution in [2.45, 2.75) is 26.3 Å². The van der Waals surface area contributed by atoms with E-state index in [0.29, 0.717) is 12.3 Å². The monoisotopic (exact) mass is 184 g/mol. The highest BCUT2D eigenvalue weighted by molar-refractivity contribution is 5.81. The number of likely N-dealkylation sites (N-methyl/N-ethyl adjacent to an activating group) is 1. The number of amides is 1. The van der Waals surface area contributed by atoms with Crippen LogP contribution in [0.15, 0.2) is 12.7 Å². The quantitative estimate of drug-likeness (QED) is 0.648. The molecular weight excluding hydrogens is 164 g/mol. The summed E-state index contributed by atoms with van der Waals surface area (Å²) in [7, 11) is 1.78. The Morgan fingerprint density at radius 1 is 1.62 bits per heavy atom. The molecule has 3 nitrogen and oxygen atoms in total. The van der Waals surface area contributed by atoms with Gasteiger partial charge < -0.3 is 10.6 Å². The van der Waals surface area contributed by atoms with Crippen molar-refractivity contribution in [3.8, 4) is 0 Å². The summed E-state index contributed by atoms with van der Waals surface area (Å²) in [6.45, 7) is 8.45. The average molecular weight is 184 g/mol. The van der Waals surface area contributed by atoms with Gasteiger partial charge in [0.05, 0.1) is 6.04 Å². The third kappa shape index (κ3) is 4.68. The van der Waals surface area contributed by atoms with Gasteiger partial charge in [0.15, 0.2) is 0 Å². The molecule has 76 valence electrons. The minimum Gasteiger partial charge on any atom is -0.344 e. The summed E-state index contributed by atoms with van der Waals surface area (Å²) in [6, 6.07) is -0.429. The van der Waals surface area contributed by atoms with Crippen molar-refractivity contribution in [2.24, 2.45) is 11.7 Å². The van der Waals surface area contributed by atoms with Crippen LogP contribution >= 0.6 is 0 Å². The first-order chi connectivity index (χ1) is 5.99. The van der Waals surface area contributed by atoms with E-state index in [0.717, 1.165) is 6.54 Å². The molecule has 0 bridgehead atoms. The van der Waals surface area contributed by atoms with Crippen LogP contribution in [0, 0.1) is 5.92 Å². The second-order valence-electron chi connectivity index (χ2n) is 3.74. The van der Waals surface area contributed by atoms with Crippen LogP contribution in [0.1, 0.15) is 20.3 Å². The second kappa shape index (κ2) is 5.75. The summed E-state index contributed by atoms with van der Waals surface area (Å²) in [5.41, 5.74) is 5.64. The Hall–Kier alpha value is -0.830. The van der Waals surface area contributed by atoms with Crippen molar-refractivity contribution in [2.75, 3.05) is 13.6 Å². The summed E-state index contributed by atoms with van der Waals surface area (Å²) in [5, 5.41) is 0. The lowest BCUT2D eigenvalue weighted by Crippen LogP contribution is -2.42. The normalized spacial score (nSPS) is 12.7. The first kappa shape index (κ1) is 12.2. The molecule has 1 atom stereocenters. The second-order valence-corrected chi connectivity index (χ2v) is 3.74. The molecule has 0 radical (unpaired) electrons. The fourth-order valence-electron chi connectivity index (χ4n) is 1.20. The summed E-state index contributed by atoms with van der Waals surface area (Å²) in [6.07, 6.45) is 2.22. The zero-order valence-corrected chi connectivity index (χ0v) is 8.79. The molecule has 0 aromatic carbocycles. The van der Waals surface area contributed by atoms with E-state index in [4.69, 9.17) is 5.73 Å². The number of hydrogen-bond donors (Lipinski definition) is 1. The Morgan fingerprint density at radius 3 is 2.54 bits per heavy atom. The van der Waals surface area contributed by atoms with Gasteiger partial charge in [-0.15, -0.1) is 6.58 Å². The standard InChI is InChI=1S/C10H20N2O/c1-5-6-9(11)10(13)12(4)7-8(2)3/h5,8-9H,1,6-7,11H2,2-4H3. The van der Waals surface area contributed by atoms with Crippen molar-refractivity contribution < 1.29 is 4.79 Å². The number of nitrogens with zero attached hydrogens (tertiary/aromatic N) is 1. The van der Waals surface area contributed by atoms with Gasteiger partial charge in [-0.2, -0.15) is 0 Å². The van der Waals surface area contributed by atoms with Crippen LogP contribution in [0.5, 0.6) is 0 Å². The number of hydrogen-bond acceptors (Lipinski definition) is 2. The molecule has 0 fully saturated rings. The molecule has 0 heterocycles. The zero-order valence-electron chi connectivity index (χ0n) is 8.79. The van der Waals surface area contributed by atoms with Crippen LogP contribution in [0.25, 0.3) is 0 Å². The molecule has 0 aromatic heterocycles. The number of nitrogens with two attached hydrogens (primary N) is 1. The highest BCUT2D eigenvalue weighted by Crippen LogP contribution is 2.00. The van der Waals surface area contributed by atoms with Crippen molar-refractivity contribution in [3.63, 3.8) is 0 Å². The van der Waals surface area contributed by atoms with E-state index in [1.165, 1.54) is 0 Å². The van der Waals surface area contributed by atoms with Gasteiger partial charge in [0, 0.05) is 13.6 Å². The molecule has 1 unspecified atom stereocenters. The Labute approximate surface area is 80.6 Å². The van der Waals surface area contributed by atoms with E-state index in [2.05, 4.69) is 20.4 Å². The van der Waals surface area contributed by atoms with Crippen LogP contribution in [-0.2, 0) is 4.79 Å². The zero-order chi connectivity index (χ0) is 10.4. The molecule has 0 rings (SSSR count). The topological polar surface area (TPSA) is 46.3 Å². The van der Waals surface area contributed by atoms with Gasteiger partial charge in [0.2, 0.25) is 5.91 Å². The van der Waals surface area contributed by atoms with E-state index in [9.17, 15) is 4.79 Å². The van der Waals surface area contributed by atoms with Gasteiger partial charge in [0.1, 0.15) is 0 Å². The maximum absolute atomic E-state index is 11.5. The number of rotatable bonds is 5. The molecule has 0 saturated carbocycles. The molecule has 3 heteroatoms. The average Bonchev–Trinajstić information content (AvgIpc) is 2.02. The lowest BCUT2D eigenvalue weighted by molar-refractivity contribution is -0.131. The van der Waals surface area contributed by atoms with Gasteiger partial charge in [-0.25, -0.2) is 0 Å². The fourth-order valence-corrected chi connectivity index (χ4v) is 1.20. The van der Waals surface area contributed by atoms with Crippen LogP contribution in [0.3, 0.4) is 0 Å². The van der Waals surface area contributed by atoms with Crippen LogP contribution in [-0.4, -0.2) is 30.4 Å². The molecule has 0 aromatic rings. The van der Waals surface area contributed by atoms with Gasteiger partial charge in [-0.1, -0.05) is 19.9 Å². The Bertz CT molecular complexity index is 178. The largest absolute Gasteiger partial charge is 0.344 e. The lowest BCUT2D eigenvalue weighted by atomic mass is 10.1.